The largest absolute Gasteiger partial charge is 0.508 e. The van der Waals surface area contributed by atoms with E-state index in [2.05, 4.69) is 28.6 Å². The Bertz CT molecular complexity index is 865. The lowest BCUT2D eigenvalue weighted by atomic mass is 10.0. The summed E-state index contributed by atoms with van der Waals surface area (Å²) in [7, 11) is 0. The fraction of sp³-hybridized carbons (Fsp3) is 0.421. The van der Waals surface area contributed by atoms with Gasteiger partial charge in [-0.3, -0.25) is 19.2 Å². The van der Waals surface area contributed by atoms with Crippen LogP contribution in [0.3, 0.4) is 0 Å². The van der Waals surface area contributed by atoms with Crippen LogP contribution in [0.4, 0.5) is 0 Å². The summed E-state index contributed by atoms with van der Waals surface area (Å²) in [5.41, 5.74) is 5.85. The number of hydrogen-bond donors (Lipinski definition) is 9. The molecule has 0 aliphatic carbocycles. The molecule has 0 heterocycles. The maximum absolute atomic E-state index is 12.7. The molecule has 4 unspecified atom stereocenters. The normalized spacial score (nSPS) is 14.3. The molecule has 0 fully saturated rings. The highest BCUT2D eigenvalue weighted by molar-refractivity contribution is 7.80. The Kier molecular flexibility index (Phi) is 11.1. The number of nitrogens with two attached hydrogens (primary N) is 1. The van der Waals surface area contributed by atoms with Crippen LogP contribution in [-0.2, 0) is 30.4 Å². The quantitative estimate of drug-likeness (QED) is 0.130. The molecule has 0 aromatic heterocycles. The van der Waals surface area contributed by atoms with Gasteiger partial charge in [-0.05, 0) is 17.7 Å². The zero-order valence-corrected chi connectivity index (χ0v) is 18.2. The first-order valence-electron chi connectivity index (χ1n) is 9.59. The molecule has 1 aromatic rings. The van der Waals surface area contributed by atoms with Crippen LogP contribution < -0.4 is 21.7 Å². The van der Waals surface area contributed by atoms with Crippen molar-refractivity contribution in [3.63, 3.8) is 0 Å². The topological polar surface area (TPSA) is 228 Å². The summed E-state index contributed by atoms with van der Waals surface area (Å²) in [4.78, 5) is 59.7. The van der Waals surface area contributed by atoms with Gasteiger partial charge in [0.05, 0.1) is 13.0 Å². The number of carbonyl (C=O) groups is 5. The van der Waals surface area contributed by atoms with Crippen molar-refractivity contribution in [3.8, 4) is 5.75 Å². The van der Waals surface area contributed by atoms with E-state index in [1.54, 1.807) is 0 Å². The van der Waals surface area contributed by atoms with Crippen molar-refractivity contribution in [2.75, 3.05) is 12.4 Å². The number of aliphatic carboxylic acids is 2. The molecule has 0 radical (unpaired) electrons. The van der Waals surface area contributed by atoms with Gasteiger partial charge in [0.15, 0.2) is 0 Å². The van der Waals surface area contributed by atoms with E-state index in [-0.39, 0.29) is 17.9 Å². The molecule has 1 rings (SSSR count). The molecule has 0 aliphatic rings. The highest BCUT2D eigenvalue weighted by Crippen LogP contribution is 2.12. The predicted octanol–water partition coefficient (Wildman–Crippen LogP) is -2.80. The Morgan fingerprint density at radius 3 is 1.88 bits per heavy atom. The molecule has 0 saturated heterocycles. The SMILES string of the molecule is NC(CO)C(=O)NC(CC(=O)O)C(=O)NC(Cc1ccc(O)cc1)C(=O)NC(CS)C(=O)O. The number of aliphatic hydroxyl groups excluding tert-OH is 1. The van der Waals surface area contributed by atoms with Gasteiger partial charge in [-0.15, -0.1) is 0 Å². The summed E-state index contributed by atoms with van der Waals surface area (Å²) in [5, 5.41) is 43.2. The van der Waals surface area contributed by atoms with Crippen LogP contribution in [0.2, 0.25) is 0 Å². The molecule has 14 heteroatoms. The summed E-state index contributed by atoms with van der Waals surface area (Å²) >= 11 is 3.86. The lowest BCUT2D eigenvalue weighted by molar-refractivity contribution is -0.142. The molecule has 3 amide bonds. The summed E-state index contributed by atoms with van der Waals surface area (Å²) in [6.07, 6.45) is -1.00. The van der Waals surface area contributed by atoms with Crippen molar-refractivity contribution in [3.05, 3.63) is 29.8 Å². The highest BCUT2D eigenvalue weighted by atomic mass is 32.1. The second-order valence-corrected chi connectivity index (χ2v) is 7.33. The van der Waals surface area contributed by atoms with Crippen molar-refractivity contribution in [1.82, 2.24) is 16.0 Å². The molecular formula is C19H26N4O9S. The molecule has 9 N–H and O–H groups in total. The Labute approximate surface area is 193 Å². The van der Waals surface area contributed by atoms with Crippen molar-refractivity contribution in [2.24, 2.45) is 5.73 Å². The number of amides is 3. The van der Waals surface area contributed by atoms with E-state index in [1.807, 2.05) is 0 Å². The molecule has 0 saturated carbocycles. The zero-order chi connectivity index (χ0) is 25.1. The van der Waals surface area contributed by atoms with Gasteiger partial charge in [0, 0.05) is 12.2 Å². The van der Waals surface area contributed by atoms with Gasteiger partial charge in [-0.1, -0.05) is 12.1 Å². The van der Waals surface area contributed by atoms with E-state index < -0.39 is 66.9 Å². The second kappa shape index (κ2) is 13.2. The maximum Gasteiger partial charge on any atom is 0.327 e. The van der Waals surface area contributed by atoms with Gasteiger partial charge in [0.2, 0.25) is 17.7 Å². The van der Waals surface area contributed by atoms with Crippen molar-refractivity contribution >= 4 is 42.3 Å². The van der Waals surface area contributed by atoms with Gasteiger partial charge >= 0.3 is 11.9 Å². The highest BCUT2D eigenvalue weighted by Gasteiger charge is 2.31. The smallest absolute Gasteiger partial charge is 0.327 e. The predicted molar refractivity (Wildman–Crippen MR) is 116 cm³/mol. The molecular weight excluding hydrogens is 460 g/mol. The number of aromatic hydroxyl groups is 1. The third-order valence-corrected chi connectivity index (χ3v) is 4.72. The van der Waals surface area contributed by atoms with Gasteiger partial charge in [0.1, 0.15) is 29.9 Å². The molecule has 33 heavy (non-hydrogen) atoms. The van der Waals surface area contributed by atoms with Gasteiger partial charge < -0.3 is 42.1 Å². The Morgan fingerprint density at radius 1 is 0.879 bits per heavy atom. The first-order chi connectivity index (χ1) is 15.5. The van der Waals surface area contributed by atoms with Gasteiger partial charge in [0.25, 0.3) is 0 Å². The Balaban J connectivity index is 3.12. The van der Waals surface area contributed by atoms with E-state index >= 15 is 0 Å². The third-order valence-electron chi connectivity index (χ3n) is 4.35. The molecule has 13 nitrogen and oxygen atoms in total. The van der Waals surface area contributed by atoms with E-state index in [9.17, 15) is 29.1 Å². The first kappa shape index (κ1) is 27.7. The van der Waals surface area contributed by atoms with Crippen LogP contribution in [0.25, 0.3) is 0 Å². The van der Waals surface area contributed by atoms with Crippen molar-refractivity contribution in [2.45, 2.75) is 37.0 Å². The van der Waals surface area contributed by atoms with Crippen molar-refractivity contribution in [1.29, 1.82) is 0 Å². The standard InChI is InChI=1S/C19H26N4O9S/c20-11(7-24)16(28)21-13(6-15(26)27)18(30)22-12(5-9-1-3-10(25)4-2-9)17(29)23-14(8-33)19(31)32/h1-4,11-14,24-25,33H,5-8,20H2,(H,21,28)(H,22,30)(H,23,29)(H,26,27)(H,31,32). The number of carboxylic acids is 2. The van der Waals surface area contributed by atoms with E-state index in [4.69, 9.17) is 21.1 Å². The molecule has 182 valence electrons. The van der Waals surface area contributed by atoms with Gasteiger partial charge in [-0.2, -0.15) is 12.6 Å². The van der Waals surface area contributed by atoms with Crippen molar-refractivity contribution < 1.29 is 44.4 Å². The van der Waals surface area contributed by atoms with Crippen LogP contribution in [0.5, 0.6) is 5.75 Å². The summed E-state index contributed by atoms with van der Waals surface area (Å²) in [6.45, 7) is -0.751. The number of aliphatic hydroxyl groups is 1. The summed E-state index contributed by atoms with van der Waals surface area (Å²) in [5.74, 6) is -6.01. The van der Waals surface area contributed by atoms with Crippen LogP contribution >= 0.6 is 12.6 Å². The number of nitrogens with one attached hydrogen (secondary N) is 3. The fourth-order valence-electron chi connectivity index (χ4n) is 2.55. The Morgan fingerprint density at radius 2 is 1.39 bits per heavy atom. The third kappa shape index (κ3) is 9.34. The number of phenolic OH excluding ortho intramolecular Hbond substituents is 1. The number of hydrogen-bond acceptors (Lipinski definition) is 9. The average Bonchev–Trinajstić information content (AvgIpc) is 2.76. The van der Waals surface area contributed by atoms with Crippen LogP contribution in [-0.4, -0.2) is 86.6 Å². The van der Waals surface area contributed by atoms with E-state index in [1.165, 1.54) is 24.3 Å². The summed E-state index contributed by atoms with van der Waals surface area (Å²) in [6, 6.07) is -0.175. The minimum absolute atomic E-state index is 0.0470. The minimum atomic E-state index is -1.64. The van der Waals surface area contributed by atoms with Crippen LogP contribution in [0, 0.1) is 0 Å². The molecule has 1 aromatic carbocycles. The molecule has 4 atom stereocenters. The first-order valence-corrected chi connectivity index (χ1v) is 10.2. The monoisotopic (exact) mass is 486 g/mol. The minimum Gasteiger partial charge on any atom is -0.508 e. The van der Waals surface area contributed by atoms with E-state index in [0.29, 0.717) is 5.56 Å². The summed E-state index contributed by atoms with van der Waals surface area (Å²) < 4.78 is 0. The molecule has 0 spiro atoms. The lowest BCUT2D eigenvalue weighted by Gasteiger charge is -2.24. The molecule has 0 bridgehead atoms. The molecule has 0 aliphatic heterocycles. The van der Waals surface area contributed by atoms with Gasteiger partial charge in [-0.25, -0.2) is 4.79 Å². The fourth-order valence-corrected chi connectivity index (χ4v) is 2.80. The number of phenols is 1. The average molecular weight is 487 g/mol. The zero-order valence-electron chi connectivity index (χ0n) is 17.3. The second-order valence-electron chi connectivity index (χ2n) is 6.96. The Hall–Kier alpha value is -3.36. The number of thiol groups is 1. The lowest BCUT2D eigenvalue weighted by Crippen LogP contribution is -2.58. The number of carbonyl (C=O) groups excluding carboxylic acids is 3. The number of carboxylic acid groups (broad SMARTS) is 2. The van der Waals surface area contributed by atoms with Crippen LogP contribution in [0.1, 0.15) is 12.0 Å². The van der Waals surface area contributed by atoms with E-state index in [0.717, 1.165) is 0 Å². The number of benzene rings is 1. The number of rotatable bonds is 13. The maximum atomic E-state index is 12.7. The van der Waals surface area contributed by atoms with Crippen LogP contribution in [0.15, 0.2) is 24.3 Å².